The second-order valence-electron chi connectivity index (χ2n) is 6.55. The number of aromatic nitrogens is 2. The zero-order valence-corrected chi connectivity index (χ0v) is 14.5. The molecular weight excluding hydrogens is 314 g/mol. The van der Waals surface area contributed by atoms with E-state index in [2.05, 4.69) is 30.1 Å². The van der Waals surface area contributed by atoms with Gasteiger partial charge < -0.3 is 9.64 Å². The number of carbonyl (C=O) groups excluding carboxylic acids is 1. The molecule has 2 heterocycles. The highest BCUT2D eigenvalue weighted by Crippen LogP contribution is 2.24. The highest BCUT2D eigenvalue weighted by molar-refractivity contribution is 5.98. The largest absolute Gasteiger partial charge is 0.383 e. The molecule has 4 rings (SSSR count). The highest BCUT2D eigenvalue weighted by Gasteiger charge is 2.32. The van der Waals surface area contributed by atoms with Crippen molar-refractivity contribution in [2.24, 2.45) is 0 Å². The Labute approximate surface area is 146 Å². The lowest BCUT2D eigenvalue weighted by Gasteiger charge is -2.40. The van der Waals surface area contributed by atoms with Crippen LogP contribution in [0.15, 0.2) is 48.8 Å². The first-order valence-electron chi connectivity index (χ1n) is 8.51. The van der Waals surface area contributed by atoms with Gasteiger partial charge in [-0.05, 0) is 49.2 Å². The molecule has 2 aromatic carbocycles. The van der Waals surface area contributed by atoms with Crippen molar-refractivity contribution in [3.63, 3.8) is 0 Å². The van der Waals surface area contributed by atoms with Gasteiger partial charge in [-0.15, -0.1) is 0 Å². The van der Waals surface area contributed by atoms with Crippen molar-refractivity contribution < 1.29 is 9.53 Å². The monoisotopic (exact) mass is 335 g/mol. The molecule has 1 amide bonds. The van der Waals surface area contributed by atoms with Gasteiger partial charge in [-0.1, -0.05) is 12.1 Å². The first kappa shape index (κ1) is 15.8. The Morgan fingerprint density at radius 1 is 1.28 bits per heavy atom. The third-order valence-electron chi connectivity index (χ3n) is 4.84. The van der Waals surface area contributed by atoms with Crippen LogP contribution in [0.5, 0.6) is 0 Å². The van der Waals surface area contributed by atoms with Crippen LogP contribution >= 0.6 is 0 Å². The lowest BCUT2D eigenvalue weighted by molar-refractivity contribution is 0.0202. The molecule has 1 aromatic heterocycles. The Morgan fingerprint density at radius 2 is 2.16 bits per heavy atom. The van der Waals surface area contributed by atoms with Gasteiger partial charge in [0.2, 0.25) is 0 Å². The Kier molecular flexibility index (Phi) is 4.01. The molecule has 5 heteroatoms. The lowest BCUT2D eigenvalue weighted by Crippen LogP contribution is -2.53. The minimum absolute atomic E-state index is 0.0558. The second kappa shape index (κ2) is 6.33. The van der Waals surface area contributed by atoms with Gasteiger partial charge in [0.25, 0.3) is 5.91 Å². The molecule has 5 nitrogen and oxygen atoms in total. The number of fused-ring (bicyclic) bond motifs is 1. The van der Waals surface area contributed by atoms with E-state index in [1.807, 2.05) is 40.1 Å². The summed E-state index contributed by atoms with van der Waals surface area (Å²) < 4.78 is 7.23. The molecule has 0 spiro atoms. The molecule has 128 valence electrons. The van der Waals surface area contributed by atoms with Crippen molar-refractivity contribution in [3.8, 4) is 5.69 Å². The molecule has 25 heavy (non-hydrogen) atoms. The standard InChI is InChI=1S/C20H21N3O2/c1-14-4-3-5-16(10-14)23-13-21-18-11-15(6-7-19(18)23)20(24)22-9-8-17(22)12-25-2/h3-7,10-11,13,17H,8-9,12H2,1-2H3. The van der Waals surface area contributed by atoms with Gasteiger partial charge in [-0.25, -0.2) is 4.98 Å². The molecule has 1 aliphatic heterocycles. The fraction of sp³-hybridized carbons (Fsp3) is 0.300. The Bertz CT molecular complexity index is 932. The van der Waals surface area contributed by atoms with Crippen molar-refractivity contribution in [1.82, 2.24) is 14.5 Å². The van der Waals surface area contributed by atoms with Gasteiger partial charge in [0.1, 0.15) is 6.33 Å². The van der Waals surface area contributed by atoms with E-state index in [0.29, 0.717) is 12.2 Å². The number of amides is 1. The molecule has 0 bridgehead atoms. The summed E-state index contributed by atoms with van der Waals surface area (Å²) in [4.78, 5) is 19.1. The van der Waals surface area contributed by atoms with E-state index in [1.165, 1.54) is 5.56 Å². The Balaban J connectivity index is 1.65. The number of likely N-dealkylation sites (tertiary alicyclic amines) is 1. The molecule has 1 aliphatic rings. The van der Waals surface area contributed by atoms with Crippen LogP contribution in [0.4, 0.5) is 0 Å². The molecule has 0 radical (unpaired) electrons. The first-order chi connectivity index (χ1) is 12.2. The fourth-order valence-electron chi connectivity index (χ4n) is 3.37. The fourth-order valence-corrected chi connectivity index (χ4v) is 3.37. The molecule has 1 atom stereocenters. The maximum atomic E-state index is 12.7. The SMILES string of the molecule is COCC1CCN1C(=O)c1ccc2c(c1)ncn2-c1cccc(C)c1. The molecular formula is C20H21N3O2. The number of methoxy groups -OCH3 is 1. The van der Waals surface area contributed by atoms with Crippen LogP contribution in [0.25, 0.3) is 16.7 Å². The maximum absolute atomic E-state index is 12.7. The number of hydrogen-bond donors (Lipinski definition) is 0. The number of aryl methyl sites for hydroxylation is 1. The summed E-state index contributed by atoms with van der Waals surface area (Å²) in [6, 6.07) is 14.2. The van der Waals surface area contributed by atoms with Gasteiger partial charge in [0, 0.05) is 24.9 Å². The normalized spacial score (nSPS) is 16.9. The summed E-state index contributed by atoms with van der Waals surface area (Å²) >= 11 is 0. The molecule has 0 N–H and O–H groups in total. The molecule has 3 aromatic rings. The number of benzene rings is 2. The van der Waals surface area contributed by atoms with E-state index in [4.69, 9.17) is 4.74 Å². The number of rotatable bonds is 4. The first-order valence-corrected chi connectivity index (χ1v) is 8.51. The molecule has 1 fully saturated rings. The van der Waals surface area contributed by atoms with Crippen LogP contribution < -0.4 is 0 Å². The summed E-state index contributed by atoms with van der Waals surface area (Å²) in [6.07, 6.45) is 2.81. The minimum Gasteiger partial charge on any atom is -0.383 e. The number of imidazole rings is 1. The number of carbonyl (C=O) groups is 1. The lowest BCUT2D eigenvalue weighted by atomic mass is 10.0. The minimum atomic E-state index is 0.0558. The van der Waals surface area contributed by atoms with Crippen molar-refractivity contribution in [2.75, 3.05) is 20.3 Å². The average Bonchev–Trinajstić information content (AvgIpc) is 3.01. The van der Waals surface area contributed by atoms with E-state index in [1.54, 1.807) is 7.11 Å². The quantitative estimate of drug-likeness (QED) is 0.736. The molecule has 1 unspecified atom stereocenters. The van der Waals surface area contributed by atoms with Gasteiger partial charge >= 0.3 is 0 Å². The van der Waals surface area contributed by atoms with Crippen molar-refractivity contribution in [2.45, 2.75) is 19.4 Å². The summed E-state index contributed by atoms with van der Waals surface area (Å²) in [6.45, 7) is 3.46. The summed E-state index contributed by atoms with van der Waals surface area (Å²) in [5.74, 6) is 0.0558. The summed E-state index contributed by atoms with van der Waals surface area (Å²) in [5.41, 5.74) is 4.79. The van der Waals surface area contributed by atoms with Crippen molar-refractivity contribution in [1.29, 1.82) is 0 Å². The summed E-state index contributed by atoms with van der Waals surface area (Å²) in [7, 11) is 1.67. The van der Waals surface area contributed by atoms with E-state index in [9.17, 15) is 4.79 Å². The van der Waals surface area contributed by atoms with Gasteiger partial charge in [0.15, 0.2) is 0 Å². The average molecular weight is 335 g/mol. The zero-order chi connectivity index (χ0) is 17.4. The van der Waals surface area contributed by atoms with Crippen LogP contribution in [-0.2, 0) is 4.74 Å². The smallest absolute Gasteiger partial charge is 0.254 e. The van der Waals surface area contributed by atoms with Crippen LogP contribution in [0.2, 0.25) is 0 Å². The second-order valence-corrected chi connectivity index (χ2v) is 6.55. The van der Waals surface area contributed by atoms with E-state index < -0.39 is 0 Å². The summed E-state index contributed by atoms with van der Waals surface area (Å²) in [5, 5.41) is 0. The predicted octanol–water partition coefficient (Wildman–Crippen LogP) is 3.19. The molecule has 1 saturated heterocycles. The topological polar surface area (TPSA) is 47.4 Å². The third-order valence-corrected chi connectivity index (χ3v) is 4.84. The van der Waals surface area contributed by atoms with Crippen LogP contribution in [0, 0.1) is 6.92 Å². The van der Waals surface area contributed by atoms with E-state index >= 15 is 0 Å². The predicted molar refractivity (Wildman–Crippen MR) is 97.1 cm³/mol. The molecule has 0 saturated carbocycles. The Morgan fingerprint density at radius 3 is 2.88 bits per heavy atom. The van der Waals surface area contributed by atoms with E-state index in [-0.39, 0.29) is 11.9 Å². The van der Waals surface area contributed by atoms with E-state index in [0.717, 1.165) is 29.7 Å². The Hall–Kier alpha value is -2.66. The van der Waals surface area contributed by atoms with Gasteiger partial charge in [-0.3, -0.25) is 9.36 Å². The zero-order valence-electron chi connectivity index (χ0n) is 14.5. The van der Waals surface area contributed by atoms with Crippen LogP contribution in [-0.4, -0.2) is 46.7 Å². The van der Waals surface area contributed by atoms with Gasteiger partial charge in [0.05, 0.1) is 23.7 Å². The molecule has 0 aliphatic carbocycles. The maximum Gasteiger partial charge on any atom is 0.254 e. The van der Waals surface area contributed by atoms with Crippen LogP contribution in [0.3, 0.4) is 0 Å². The number of hydrogen-bond acceptors (Lipinski definition) is 3. The number of nitrogens with zero attached hydrogens (tertiary/aromatic N) is 3. The third kappa shape index (κ3) is 2.81. The van der Waals surface area contributed by atoms with Crippen molar-refractivity contribution >= 4 is 16.9 Å². The highest BCUT2D eigenvalue weighted by atomic mass is 16.5. The van der Waals surface area contributed by atoms with Gasteiger partial charge in [-0.2, -0.15) is 0 Å². The van der Waals surface area contributed by atoms with Crippen LogP contribution in [0.1, 0.15) is 22.3 Å². The van der Waals surface area contributed by atoms with Crippen molar-refractivity contribution in [3.05, 3.63) is 59.9 Å². The number of ether oxygens (including phenoxy) is 1.